The largest absolute Gasteiger partial charge is 0.356 e. The van der Waals surface area contributed by atoms with Crippen LogP contribution in [0.5, 0.6) is 0 Å². The Hall–Kier alpha value is -2.09. The molecule has 0 N–H and O–H groups in total. The molecule has 1 aliphatic heterocycles. The third-order valence-electron chi connectivity index (χ3n) is 3.41. The van der Waals surface area contributed by atoms with E-state index in [0.29, 0.717) is 12.1 Å². The molecule has 0 saturated carbocycles. The summed E-state index contributed by atoms with van der Waals surface area (Å²) in [4.78, 5) is 20.1. The SMILES string of the molecule is CN(C)C(=O)[C@H]1CCCN(c2ccc(C#N)cn2)C1. The Kier molecular flexibility index (Phi) is 4.00. The van der Waals surface area contributed by atoms with Crippen LogP contribution in [0.3, 0.4) is 0 Å². The molecular formula is C14H18N4O. The Balaban J connectivity index is 2.08. The van der Waals surface area contributed by atoms with Crippen LogP contribution < -0.4 is 4.90 Å². The van der Waals surface area contributed by atoms with E-state index in [0.717, 1.165) is 25.2 Å². The third kappa shape index (κ3) is 3.02. The van der Waals surface area contributed by atoms with Gasteiger partial charge in [0.05, 0.1) is 11.5 Å². The topological polar surface area (TPSA) is 60.2 Å². The number of nitriles is 1. The van der Waals surface area contributed by atoms with E-state index >= 15 is 0 Å². The molecule has 0 aromatic carbocycles. The van der Waals surface area contributed by atoms with Gasteiger partial charge in [-0.15, -0.1) is 0 Å². The van der Waals surface area contributed by atoms with Crippen molar-refractivity contribution in [3.63, 3.8) is 0 Å². The lowest BCUT2D eigenvalue weighted by Gasteiger charge is -2.33. The van der Waals surface area contributed by atoms with Gasteiger partial charge in [0, 0.05) is 33.4 Å². The predicted molar refractivity (Wildman–Crippen MR) is 72.6 cm³/mol. The number of hydrogen-bond donors (Lipinski definition) is 0. The first-order valence-corrected chi connectivity index (χ1v) is 6.44. The van der Waals surface area contributed by atoms with E-state index in [1.54, 1.807) is 31.3 Å². The van der Waals surface area contributed by atoms with Crippen LogP contribution in [-0.2, 0) is 4.79 Å². The van der Waals surface area contributed by atoms with Crippen LogP contribution in [0.1, 0.15) is 18.4 Å². The zero-order chi connectivity index (χ0) is 13.8. The molecule has 5 nitrogen and oxygen atoms in total. The van der Waals surface area contributed by atoms with E-state index in [-0.39, 0.29) is 11.8 Å². The van der Waals surface area contributed by atoms with E-state index in [9.17, 15) is 4.79 Å². The van der Waals surface area contributed by atoms with Gasteiger partial charge in [0.25, 0.3) is 0 Å². The van der Waals surface area contributed by atoms with Crippen molar-refractivity contribution in [3.05, 3.63) is 23.9 Å². The van der Waals surface area contributed by atoms with Crippen molar-refractivity contribution in [2.24, 2.45) is 5.92 Å². The molecule has 1 atom stereocenters. The molecular weight excluding hydrogens is 240 g/mol. The van der Waals surface area contributed by atoms with Gasteiger partial charge in [-0.1, -0.05) is 0 Å². The number of carbonyl (C=O) groups is 1. The maximum Gasteiger partial charge on any atom is 0.226 e. The average molecular weight is 258 g/mol. The summed E-state index contributed by atoms with van der Waals surface area (Å²) in [5.74, 6) is 1.06. The zero-order valence-electron chi connectivity index (χ0n) is 11.3. The molecule has 1 saturated heterocycles. The molecule has 0 radical (unpaired) electrons. The van der Waals surface area contributed by atoms with Gasteiger partial charge in [-0.2, -0.15) is 5.26 Å². The lowest BCUT2D eigenvalue weighted by Crippen LogP contribution is -2.43. The summed E-state index contributed by atoms with van der Waals surface area (Å²) in [5, 5.41) is 8.76. The predicted octanol–water partition coefficient (Wildman–Crippen LogP) is 1.26. The summed E-state index contributed by atoms with van der Waals surface area (Å²) in [6.45, 7) is 1.62. The first-order chi connectivity index (χ1) is 9.11. The Labute approximate surface area is 113 Å². The highest BCUT2D eigenvalue weighted by Crippen LogP contribution is 2.22. The van der Waals surface area contributed by atoms with E-state index in [2.05, 4.69) is 16.0 Å². The van der Waals surface area contributed by atoms with Gasteiger partial charge >= 0.3 is 0 Å². The molecule has 1 aromatic rings. The Bertz CT molecular complexity index is 489. The van der Waals surface area contributed by atoms with Crippen molar-refractivity contribution < 1.29 is 4.79 Å². The van der Waals surface area contributed by atoms with E-state index in [1.165, 1.54) is 0 Å². The lowest BCUT2D eigenvalue weighted by atomic mass is 9.97. The van der Waals surface area contributed by atoms with Crippen molar-refractivity contribution in [3.8, 4) is 6.07 Å². The fourth-order valence-electron chi connectivity index (χ4n) is 2.39. The van der Waals surface area contributed by atoms with Crippen LogP contribution in [-0.4, -0.2) is 43.0 Å². The number of nitrogens with zero attached hydrogens (tertiary/aromatic N) is 4. The summed E-state index contributed by atoms with van der Waals surface area (Å²) in [6, 6.07) is 5.67. The number of amides is 1. The van der Waals surface area contributed by atoms with E-state index in [1.807, 2.05) is 6.07 Å². The lowest BCUT2D eigenvalue weighted by molar-refractivity contribution is -0.133. The molecule has 2 heterocycles. The molecule has 0 spiro atoms. The molecule has 0 unspecified atom stereocenters. The number of piperidine rings is 1. The number of rotatable bonds is 2. The number of anilines is 1. The first-order valence-electron chi connectivity index (χ1n) is 6.44. The highest BCUT2D eigenvalue weighted by Gasteiger charge is 2.27. The fourth-order valence-corrected chi connectivity index (χ4v) is 2.39. The first kappa shape index (κ1) is 13.3. The molecule has 0 bridgehead atoms. The highest BCUT2D eigenvalue weighted by molar-refractivity contribution is 5.79. The second kappa shape index (κ2) is 5.70. The van der Waals surface area contributed by atoms with Gasteiger partial charge < -0.3 is 9.80 Å². The number of carbonyl (C=O) groups excluding carboxylic acids is 1. The molecule has 19 heavy (non-hydrogen) atoms. The number of hydrogen-bond acceptors (Lipinski definition) is 4. The summed E-state index contributed by atoms with van der Waals surface area (Å²) >= 11 is 0. The van der Waals surface area contributed by atoms with Crippen LogP contribution in [0, 0.1) is 17.2 Å². The van der Waals surface area contributed by atoms with Gasteiger partial charge in [0.1, 0.15) is 11.9 Å². The maximum absolute atomic E-state index is 12.0. The van der Waals surface area contributed by atoms with Crippen molar-refractivity contribution >= 4 is 11.7 Å². The molecule has 1 aliphatic rings. The Morgan fingerprint density at radius 1 is 1.53 bits per heavy atom. The molecule has 2 rings (SSSR count). The van der Waals surface area contributed by atoms with Crippen LogP contribution in [0.15, 0.2) is 18.3 Å². The monoisotopic (exact) mass is 258 g/mol. The van der Waals surface area contributed by atoms with Crippen molar-refractivity contribution in [2.75, 3.05) is 32.1 Å². The second-order valence-electron chi connectivity index (χ2n) is 5.03. The molecule has 100 valence electrons. The van der Waals surface area contributed by atoms with Crippen molar-refractivity contribution in [1.29, 1.82) is 5.26 Å². The van der Waals surface area contributed by atoms with Crippen LogP contribution >= 0.6 is 0 Å². The summed E-state index contributed by atoms with van der Waals surface area (Å²) < 4.78 is 0. The van der Waals surface area contributed by atoms with Gasteiger partial charge in [0.15, 0.2) is 0 Å². The molecule has 5 heteroatoms. The smallest absolute Gasteiger partial charge is 0.226 e. The van der Waals surface area contributed by atoms with Crippen molar-refractivity contribution in [1.82, 2.24) is 9.88 Å². The van der Waals surface area contributed by atoms with Gasteiger partial charge in [-0.25, -0.2) is 4.98 Å². The Morgan fingerprint density at radius 3 is 2.89 bits per heavy atom. The van der Waals surface area contributed by atoms with Gasteiger partial charge in [-0.05, 0) is 25.0 Å². The average Bonchev–Trinajstić information content (AvgIpc) is 2.46. The minimum absolute atomic E-state index is 0.0428. The van der Waals surface area contributed by atoms with Crippen LogP contribution in [0.25, 0.3) is 0 Å². The normalized spacial score (nSPS) is 18.8. The zero-order valence-corrected chi connectivity index (χ0v) is 11.3. The van der Waals surface area contributed by atoms with Crippen LogP contribution in [0.4, 0.5) is 5.82 Å². The second-order valence-corrected chi connectivity index (χ2v) is 5.03. The third-order valence-corrected chi connectivity index (χ3v) is 3.41. The number of pyridine rings is 1. The Morgan fingerprint density at radius 2 is 2.32 bits per heavy atom. The minimum atomic E-state index is 0.0428. The van der Waals surface area contributed by atoms with Crippen LogP contribution in [0.2, 0.25) is 0 Å². The minimum Gasteiger partial charge on any atom is -0.356 e. The summed E-state index contributed by atoms with van der Waals surface area (Å²) in [6.07, 6.45) is 3.50. The summed E-state index contributed by atoms with van der Waals surface area (Å²) in [7, 11) is 3.59. The highest BCUT2D eigenvalue weighted by atomic mass is 16.2. The quantitative estimate of drug-likeness (QED) is 0.801. The molecule has 1 aromatic heterocycles. The van der Waals surface area contributed by atoms with Gasteiger partial charge in [0.2, 0.25) is 5.91 Å². The molecule has 1 fully saturated rings. The molecule has 1 amide bonds. The molecule has 0 aliphatic carbocycles. The number of aromatic nitrogens is 1. The van der Waals surface area contributed by atoms with Gasteiger partial charge in [-0.3, -0.25) is 4.79 Å². The van der Waals surface area contributed by atoms with Crippen molar-refractivity contribution in [2.45, 2.75) is 12.8 Å². The fraction of sp³-hybridized carbons (Fsp3) is 0.500. The van der Waals surface area contributed by atoms with E-state index < -0.39 is 0 Å². The standard InChI is InChI=1S/C14H18N4O/c1-17(2)14(19)12-4-3-7-18(10-12)13-6-5-11(8-15)9-16-13/h5-6,9,12H,3-4,7,10H2,1-2H3/t12-/m0/s1. The summed E-state index contributed by atoms with van der Waals surface area (Å²) in [5.41, 5.74) is 0.557. The van der Waals surface area contributed by atoms with E-state index in [4.69, 9.17) is 5.26 Å². The maximum atomic E-state index is 12.0.